The molecular formula is C8H20BF4NO. The lowest BCUT2D eigenvalue weighted by atomic mass is 10.2. The summed E-state index contributed by atoms with van der Waals surface area (Å²) in [5.41, 5.74) is 0. The van der Waals surface area contributed by atoms with Crippen molar-refractivity contribution in [2.45, 2.75) is 32.7 Å². The van der Waals surface area contributed by atoms with Crippen LogP contribution in [-0.4, -0.2) is 33.6 Å². The van der Waals surface area contributed by atoms with Crippen molar-refractivity contribution < 1.29 is 27.3 Å². The van der Waals surface area contributed by atoms with Gasteiger partial charge in [0.15, 0.2) is 0 Å². The smallest absolute Gasteiger partial charge is 0.418 e. The average molecular weight is 233 g/mol. The third kappa shape index (κ3) is 24.8. The quantitative estimate of drug-likeness (QED) is 0.421. The SMILES string of the molecule is CCC(CC)[NH2+]CCOC.F[B-](F)(F)F. The molecule has 0 rings (SSSR count). The molecule has 0 heterocycles. The van der Waals surface area contributed by atoms with Crippen LogP contribution in [0.4, 0.5) is 17.3 Å². The number of quaternary nitrogens is 1. The second-order valence-electron chi connectivity index (χ2n) is 3.09. The molecule has 0 spiro atoms. The van der Waals surface area contributed by atoms with Gasteiger partial charge in [-0.25, -0.2) is 0 Å². The van der Waals surface area contributed by atoms with E-state index in [1.54, 1.807) is 7.11 Å². The highest BCUT2D eigenvalue weighted by Gasteiger charge is 2.20. The Hall–Kier alpha value is -0.295. The van der Waals surface area contributed by atoms with E-state index in [2.05, 4.69) is 19.2 Å². The maximum absolute atomic E-state index is 9.75. The van der Waals surface area contributed by atoms with Crippen molar-refractivity contribution in [2.75, 3.05) is 20.3 Å². The lowest BCUT2D eigenvalue weighted by molar-refractivity contribution is -0.690. The summed E-state index contributed by atoms with van der Waals surface area (Å²) in [6.07, 6.45) is 2.53. The summed E-state index contributed by atoms with van der Waals surface area (Å²) < 4.78 is 43.9. The fourth-order valence-corrected chi connectivity index (χ4v) is 1.04. The van der Waals surface area contributed by atoms with Crippen molar-refractivity contribution in [3.8, 4) is 0 Å². The number of halogens is 4. The Kier molecular flexibility index (Phi) is 11.7. The van der Waals surface area contributed by atoms with Gasteiger partial charge in [0.1, 0.15) is 0 Å². The highest BCUT2D eigenvalue weighted by Crippen LogP contribution is 2.06. The Morgan fingerprint density at radius 3 is 1.80 bits per heavy atom. The summed E-state index contributed by atoms with van der Waals surface area (Å²) >= 11 is 0. The molecule has 0 fully saturated rings. The van der Waals surface area contributed by atoms with E-state index in [-0.39, 0.29) is 0 Å². The summed E-state index contributed by atoms with van der Waals surface area (Å²) in [6, 6.07) is 0.801. The molecule has 0 unspecified atom stereocenters. The zero-order valence-corrected chi connectivity index (χ0v) is 9.48. The van der Waals surface area contributed by atoms with Crippen molar-refractivity contribution in [3.05, 3.63) is 0 Å². The van der Waals surface area contributed by atoms with Crippen molar-refractivity contribution in [1.29, 1.82) is 0 Å². The van der Waals surface area contributed by atoms with Crippen LogP contribution in [0.15, 0.2) is 0 Å². The molecule has 0 aromatic heterocycles. The number of hydrogen-bond donors (Lipinski definition) is 1. The van der Waals surface area contributed by atoms with E-state index in [1.807, 2.05) is 0 Å². The highest BCUT2D eigenvalue weighted by atomic mass is 19.5. The van der Waals surface area contributed by atoms with Gasteiger partial charge in [-0.15, -0.1) is 0 Å². The predicted molar refractivity (Wildman–Crippen MR) is 53.2 cm³/mol. The van der Waals surface area contributed by atoms with E-state index in [1.165, 1.54) is 12.8 Å². The molecule has 0 atom stereocenters. The van der Waals surface area contributed by atoms with Crippen LogP contribution in [0.5, 0.6) is 0 Å². The summed E-state index contributed by atoms with van der Waals surface area (Å²) in [5.74, 6) is 0. The Bertz CT molecular complexity index is 124. The molecule has 0 aliphatic carbocycles. The minimum atomic E-state index is -6.00. The van der Waals surface area contributed by atoms with Crippen molar-refractivity contribution >= 4 is 7.25 Å². The second kappa shape index (κ2) is 10.2. The molecule has 0 aliphatic heterocycles. The summed E-state index contributed by atoms with van der Waals surface area (Å²) in [5, 5.41) is 2.36. The largest absolute Gasteiger partial charge is 0.673 e. The van der Waals surface area contributed by atoms with Crippen LogP contribution in [0.3, 0.4) is 0 Å². The molecule has 0 saturated heterocycles. The van der Waals surface area contributed by atoms with Gasteiger partial charge < -0.3 is 27.3 Å². The van der Waals surface area contributed by atoms with Gasteiger partial charge in [0, 0.05) is 7.11 Å². The molecule has 0 aromatic carbocycles. The predicted octanol–water partition coefficient (Wildman–Crippen LogP) is 1.68. The van der Waals surface area contributed by atoms with Gasteiger partial charge in [0.05, 0.1) is 19.2 Å². The molecule has 0 amide bonds. The molecule has 0 radical (unpaired) electrons. The number of methoxy groups -OCH3 is 1. The van der Waals surface area contributed by atoms with Crippen LogP contribution in [0, 0.1) is 0 Å². The zero-order valence-electron chi connectivity index (χ0n) is 9.48. The van der Waals surface area contributed by atoms with Crippen LogP contribution in [-0.2, 0) is 4.74 Å². The van der Waals surface area contributed by atoms with Gasteiger partial charge in [0.25, 0.3) is 0 Å². The Morgan fingerprint density at radius 2 is 1.53 bits per heavy atom. The van der Waals surface area contributed by atoms with Gasteiger partial charge in [-0.3, -0.25) is 0 Å². The second-order valence-corrected chi connectivity index (χ2v) is 3.09. The maximum Gasteiger partial charge on any atom is 0.673 e. The van der Waals surface area contributed by atoms with Crippen LogP contribution in [0.25, 0.3) is 0 Å². The first-order chi connectivity index (χ1) is 6.85. The minimum Gasteiger partial charge on any atom is -0.418 e. The van der Waals surface area contributed by atoms with Gasteiger partial charge in [-0.2, -0.15) is 0 Å². The summed E-state index contributed by atoms with van der Waals surface area (Å²) in [7, 11) is -4.25. The van der Waals surface area contributed by atoms with Crippen LogP contribution < -0.4 is 5.32 Å². The van der Waals surface area contributed by atoms with Crippen LogP contribution in [0.1, 0.15) is 26.7 Å². The zero-order chi connectivity index (χ0) is 12.3. The van der Waals surface area contributed by atoms with Gasteiger partial charge in [-0.05, 0) is 12.8 Å². The van der Waals surface area contributed by atoms with Crippen LogP contribution in [0.2, 0.25) is 0 Å². The summed E-state index contributed by atoms with van der Waals surface area (Å²) in [6.45, 7) is 6.44. The van der Waals surface area contributed by atoms with Crippen molar-refractivity contribution in [3.63, 3.8) is 0 Å². The highest BCUT2D eigenvalue weighted by molar-refractivity contribution is 6.50. The molecule has 0 aromatic rings. The lowest BCUT2D eigenvalue weighted by Gasteiger charge is -2.09. The maximum atomic E-state index is 9.75. The Morgan fingerprint density at radius 1 is 1.13 bits per heavy atom. The molecule has 0 bridgehead atoms. The third-order valence-electron chi connectivity index (χ3n) is 1.87. The molecule has 2 N–H and O–H groups in total. The fraction of sp³-hybridized carbons (Fsp3) is 1.00. The minimum absolute atomic E-state index is 0.801. The first-order valence-corrected chi connectivity index (χ1v) is 5.04. The molecule has 2 nitrogen and oxygen atoms in total. The van der Waals surface area contributed by atoms with E-state index >= 15 is 0 Å². The van der Waals surface area contributed by atoms with Gasteiger partial charge >= 0.3 is 7.25 Å². The average Bonchev–Trinajstić information content (AvgIpc) is 2.10. The Labute approximate surface area is 88.5 Å². The number of ether oxygens (including phenoxy) is 1. The van der Waals surface area contributed by atoms with E-state index in [0.29, 0.717) is 0 Å². The molecular weight excluding hydrogens is 213 g/mol. The number of nitrogens with two attached hydrogens (primary N) is 1. The molecule has 94 valence electrons. The monoisotopic (exact) mass is 233 g/mol. The molecule has 15 heavy (non-hydrogen) atoms. The normalized spacial score (nSPS) is 11.2. The molecule has 0 aliphatic rings. The number of rotatable bonds is 6. The van der Waals surface area contributed by atoms with Gasteiger partial charge in [0.2, 0.25) is 0 Å². The number of hydrogen-bond acceptors (Lipinski definition) is 1. The Balaban J connectivity index is 0. The van der Waals surface area contributed by atoms with Gasteiger partial charge in [-0.1, -0.05) is 13.8 Å². The standard InChI is InChI=1S/C8H19NO.BF4/c1-4-8(5-2)9-6-7-10-3;2-1(3,4)5/h8-9H,4-7H2,1-3H3;/q;-1/p+1. The summed E-state index contributed by atoms with van der Waals surface area (Å²) in [4.78, 5) is 0. The van der Waals surface area contributed by atoms with E-state index in [0.717, 1.165) is 19.2 Å². The molecule has 7 heteroatoms. The van der Waals surface area contributed by atoms with Crippen LogP contribution >= 0.6 is 0 Å². The van der Waals surface area contributed by atoms with E-state index < -0.39 is 7.25 Å². The first kappa shape index (κ1) is 17.1. The first-order valence-electron chi connectivity index (χ1n) is 5.04. The fourth-order valence-electron chi connectivity index (χ4n) is 1.04. The lowest BCUT2D eigenvalue weighted by Crippen LogP contribution is -2.90. The molecule has 0 saturated carbocycles. The van der Waals surface area contributed by atoms with Crippen molar-refractivity contribution in [1.82, 2.24) is 0 Å². The third-order valence-corrected chi connectivity index (χ3v) is 1.87. The van der Waals surface area contributed by atoms with Crippen molar-refractivity contribution in [2.24, 2.45) is 0 Å². The van der Waals surface area contributed by atoms with E-state index in [9.17, 15) is 17.3 Å². The topological polar surface area (TPSA) is 25.8 Å². The van der Waals surface area contributed by atoms with E-state index in [4.69, 9.17) is 4.74 Å².